The minimum absolute atomic E-state index is 0.631. The Morgan fingerprint density at radius 1 is 0.333 bits per heavy atom. The van der Waals surface area contributed by atoms with Gasteiger partial charge in [-0.2, -0.15) is 0 Å². The van der Waals surface area contributed by atoms with E-state index in [1.165, 1.54) is 0 Å². The Kier molecular flexibility index (Phi) is 9.19. The van der Waals surface area contributed by atoms with E-state index in [4.69, 9.17) is 50.2 Å². The third kappa shape index (κ3) is 5.26. The first-order valence-corrected chi connectivity index (χ1v) is 24.8. The maximum atomic E-state index is 8.49. The van der Waals surface area contributed by atoms with Crippen LogP contribution in [-0.2, 0) is 0 Å². The molecule has 0 saturated heterocycles. The van der Waals surface area contributed by atoms with Gasteiger partial charge in [-0.05, 0) is 0 Å². The van der Waals surface area contributed by atoms with Crippen LogP contribution in [0.1, 0.15) is 0 Å². The first-order chi connectivity index (χ1) is 22.8. The molecule has 0 bridgehead atoms. The molecule has 6 aromatic rings. The molecule has 0 spiro atoms. The molecule has 0 aliphatic heterocycles. The number of nitrogens with two attached hydrogens (primary N) is 3. The molecule has 0 aromatic heterocycles. The van der Waals surface area contributed by atoms with Gasteiger partial charge in [-0.3, -0.25) is 0 Å². The van der Waals surface area contributed by atoms with Gasteiger partial charge in [0.05, 0.1) is 0 Å². The Morgan fingerprint density at radius 2 is 0.500 bits per heavy atom. The summed E-state index contributed by atoms with van der Waals surface area (Å²) < 4.78 is 3.67. The van der Waals surface area contributed by atoms with Crippen molar-refractivity contribution in [3.63, 3.8) is 0 Å². The van der Waals surface area contributed by atoms with Crippen molar-refractivity contribution in [1.29, 1.82) is 0 Å². The van der Waals surface area contributed by atoms with Gasteiger partial charge in [-0.15, -0.1) is 0 Å². The predicted octanol–water partition coefficient (Wildman–Crippen LogP) is 7.58. The van der Waals surface area contributed by atoms with Gasteiger partial charge in [0.1, 0.15) is 0 Å². The summed E-state index contributed by atoms with van der Waals surface area (Å²) in [5, 5.41) is 3.88. The van der Waals surface area contributed by atoms with Gasteiger partial charge < -0.3 is 0 Å². The molecule has 248 valence electrons. The zero-order valence-electron chi connectivity index (χ0n) is 26.4. The van der Waals surface area contributed by atoms with Crippen LogP contribution in [0.4, 0.5) is 0 Å². The van der Waals surface area contributed by atoms with Crippen molar-refractivity contribution in [2.45, 2.75) is 0 Å². The summed E-state index contributed by atoms with van der Waals surface area (Å²) in [6.07, 6.45) is -14.2. The summed E-state index contributed by atoms with van der Waals surface area (Å²) in [4.78, 5) is 0. The molecule has 5 nitrogen and oxygen atoms in total. The summed E-state index contributed by atoms with van der Waals surface area (Å²) in [6.45, 7) is 0. The summed E-state index contributed by atoms with van der Waals surface area (Å²) in [7, 11) is 1.83. The Hall–Kier alpha value is -2.72. The van der Waals surface area contributed by atoms with E-state index in [-0.39, 0.29) is 0 Å². The topological polar surface area (TPSA) is 84.5 Å². The van der Waals surface area contributed by atoms with E-state index in [2.05, 4.69) is 0 Å². The number of rotatable bonds is 10. The quantitative estimate of drug-likeness (QED) is 0.0994. The average molecular weight is 753 g/mol. The van der Waals surface area contributed by atoms with Crippen molar-refractivity contribution in [2.24, 2.45) is 16.5 Å². The molecule has 0 aliphatic rings. The normalized spacial score (nSPS) is 15.1. The van der Waals surface area contributed by atoms with Gasteiger partial charge >= 0.3 is 299 Å². The number of halogens is 3. The number of hydrogen-bond donors (Lipinski definition) is 3. The summed E-state index contributed by atoms with van der Waals surface area (Å²) in [6, 6.07) is 57.6. The Balaban J connectivity index is 1.88. The monoisotopic (exact) mass is 751 g/mol. The van der Waals surface area contributed by atoms with Crippen LogP contribution in [0.25, 0.3) is 0 Å². The van der Waals surface area contributed by atoms with Gasteiger partial charge in [0.2, 0.25) is 0 Å². The third-order valence-electron chi connectivity index (χ3n) is 9.01. The average Bonchev–Trinajstić information content (AvgIpc) is 3.14. The molecule has 0 radical (unpaired) electrons. The van der Waals surface area contributed by atoms with Crippen molar-refractivity contribution in [3.05, 3.63) is 182 Å². The fourth-order valence-electron chi connectivity index (χ4n) is 6.47. The van der Waals surface area contributed by atoms with E-state index in [1.807, 2.05) is 198 Å². The molecule has 6 N–H and O–H groups in total. The van der Waals surface area contributed by atoms with Crippen LogP contribution in [0.5, 0.6) is 0 Å². The summed E-state index contributed by atoms with van der Waals surface area (Å²) in [5.41, 5.74) is 24.2. The van der Waals surface area contributed by atoms with E-state index < -0.39 is 18.8 Å². The second-order valence-electron chi connectivity index (χ2n) is 11.9. The van der Waals surface area contributed by atoms with Gasteiger partial charge in [0.25, 0.3) is 0 Å². The van der Waals surface area contributed by atoms with Crippen molar-refractivity contribution in [1.82, 2.24) is 9.33 Å². The standard InChI is InChI=1S/C37H39Cl3N5P3/c1-44(46(38,41,32-20-8-2-9-21-32)33-22-10-3-11-23-33)45(47(39,42,34-24-12-4-13-25-34)35-26-14-5-15-27-35)48(40,43,36-28-16-6-17-29-36)37-30-18-7-19-31-37/h2-31H,41-43H2,1H3. The first-order valence-electron chi connectivity index (χ1n) is 15.3. The Morgan fingerprint density at radius 3 is 0.688 bits per heavy atom. The molecule has 6 rings (SSSR count). The molecular weight excluding hydrogens is 714 g/mol. The summed E-state index contributed by atoms with van der Waals surface area (Å²) >= 11 is 25.3. The van der Waals surface area contributed by atoms with Crippen LogP contribution in [0.15, 0.2) is 182 Å². The minimum atomic E-state index is -4.83. The molecule has 48 heavy (non-hydrogen) atoms. The zero-order valence-corrected chi connectivity index (χ0v) is 31.4. The van der Waals surface area contributed by atoms with Gasteiger partial charge in [-0.1, -0.05) is 0 Å². The molecular formula is C37H39Cl3N5P3. The Labute approximate surface area is 297 Å². The van der Waals surface area contributed by atoms with Crippen LogP contribution in [-0.4, -0.2) is 16.4 Å². The SMILES string of the molecule is CN(N(P(N)(Cl)(c1ccccc1)c1ccccc1)P(N)(Cl)(c1ccccc1)c1ccccc1)P(N)(Cl)(c1ccccc1)c1ccccc1. The molecule has 11 heteroatoms. The van der Waals surface area contributed by atoms with Crippen molar-refractivity contribution >= 4 is 84.3 Å². The van der Waals surface area contributed by atoms with Gasteiger partial charge in [-0.25, -0.2) is 0 Å². The number of benzene rings is 6. The first kappa shape index (κ1) is 35.1. The van der Waals surface area contributed by atoms with Crippen LogP contribution >= 0.6 is 52.5 Å². The molecule has 0 unspecified atom stereocenters. The van der Waals surface area contributed by atoms with Crippen LogP contribution in [0, 0.1) is 0 Å². The van der Waals surface area contributed by atoms with E-state index in [0.717, 1.165) is 0 Å². The molecule has 0 fully saturated rings. The molecule has 0 heterocycles. The third-order valence-corrected chi connectivity index (χ3v) is 28.1. The fourth-order valence-corrected chi connectivity index (χ4v) is 26.8. The number of hydrazine groups is 1. The van der Waals surface area contributed by atoms with Crippen LogP contribution in [0.3, 0.4) is 0 Å². The maximum absolute atomic E-state index is 8.49. The fraction of sp³-hybridized carbons (Fsp3) is 0.0270. The molecule has 0 atom stereocenters. The predicted molar refractivity (Wildman–Crippen MR) is 217 cm³/mol. The van der Waals surface area contributed by atoms with E-state index in [0.29, 0.717) is 31.8 Å². The van der Waals surface area contributed by atoms with E-state index in [1.54, 1.807) is 0 Å². The van der Waals surface area contributed by atoms with Crippen molar-refractivity contribution in [3.8, 4) is 0 Å². The van der Waals surface area contributed by atoms with Gasteiger partial charge in [0, 0.05) is 0 Å². The van der Waals surface area contributed by atoms with Gasteiger partial charge in [0.15, 0.2) is 0 Å². The number of hydrogen-bond acceptors (Lipinski definition) is 5. The molecule has 0 saturated carbocycles. The van der Waals surface area contributed by atoms with E-state index in [9.17, 15) is 0 Å². The van der Waals surface area contributed by atoms with Crippen LogP contribution < -0.4 is 48.3 Å². The van der Waals surface area contributed by atoms with Crippen molar-refractivity contribution in [2.75, 3.05) is 7.05 Å². The summed E-state index contributed by atoms with van der Waals surface area (Å²) in [5.74, 6) is 0. The van der Waals surface area contributed by atoms with E-state index >= 15 is 0 Å². The Bertz CT molecular complexity index is 1780. The zero-order chi connectivity index (χ0) is 34.2. The second kappa shape index (κ2) is 12.6. The van der Waals surface area contributed by atoms with Crippen molar-refractivity contribution < 1.29 is 0 Å². The number of nitrogens with zero attached hydrogens (tertiary/aromatic N) is 2. The van der Waals surface area contributed by atoms with Crippen LogP contribution in [0.2, 0.25) is 0 Å². The molecule has 6 aromatic carbocycles. The second-order valence-corrected chi connectivity index (χ2v) is 28.9. The molecule has 0 amide bonds. The molecule has 0 aliphatic carbocycles.